The number of benzene rings is 4. The molecule has 5 rings (SSSR count). The van der Waals surface area contributed by atoms with E-state index >= 15 is 0 Å². The van der Waals surface area contributed by atoms with Crippen LogP contribution in [-0.2, 0) is 15.6 Å². The predicted octanol–water partition coefficient (Wildman–Crippen LogP) is 7.73. The average Bonchev–Trinajstić information content (AvgIpc) is 3.05. The van der Waals surface area contributed by atoms with E-state index in [0.717, 1.165) is 11.1 Å². The van der Waals surface area contributed by atoms with Crippen LogP contribution >= 0.6 is 20.8 Å². The van der Waals surface area contributed by atoms with Crippen LogP contribution in [0.5, 0.6) is 0 Å². The molecule has 1 nitrogen and oxygen atoms in total. The number of ketones is 1. The maximum atomic E-state index is 13.4. The first-order chi connectivity index (χ1) is 17.0. The van der Waals surface area contributed by atoms with E-state index in [9.17, 15) is 4.79 Å². The second-order valence-corrected chi connectivity index (χ2v) is 20.0. The summed E-state index contributed by atoms with van der Waals surface area (Å²) in [7, 11) is 0. The topological polar surface area (TPSA) is 17.1 Å². The number of halogens is 1. The summed E-state index contributed by atoms with van der Waals surface area (Å²) in [5.74, 6) is 0.292. The molecule has 0 aliphatic heterocycles. The van der Waals surface area contributed by atoms with Crippen molar-refractivity contribution >= 4 is 42.5 Å². The van der Waals surface area contributed by atoms with Gasteiger partial charge < -0.3 is 0 Å². The van der Waals surface area contributed by atoms with Gasteiger partial charge in [-0.3, -0.25) is 0 Å². The van der Waals surface area contributed by atoms with Crippen LogP contribution in [0.25, 0.3) is 0 Å². The Bertz CT molecular complexity index is 1330. The van der Waals surface area contributed by atoms with Gasteiger partial charge in [-0.05, 0) is 0 Å². The van der Waals surface area contributed by atoms with Crippen molar-refractivity contribution in [2.75, 3.05) is 0 Å². The van der Waals surface area contributed by atoms with Crippen molar-refractivity contribution in [3.63, 3.8) is 0 Å². The molecule has 0 fully saturated rings. The summed E-state index contributed by atoms with van der Waals surface area (Å²) in [4.78, 5) is 13.4. The van der Waals surface area contributed by atoms with Crippen molar-refractivity contribution in [1.29, 1.82) is 0 Å². The SMILES string of the molecule is CC(c1ccc2c(c1)C(C)(C)C(=O)C2(C)C)P(Br)(c1ccccc1)(c1ccccc1)c1ccccc1. The van der Waals surface area contributed by atoms with E-state index in [1.807, 2.05) is 0 Å². The summed E-state index contributed by atoms with van der Waals surface area (Å²) in [5.41, 5.74) is 2.69. The molecular formula is C33H34BrOP. The molecule has 0 heterocycles. The van der Waals surface area contributed by atoms with Gasteiger partial charge in [0.1, 0.15) is 0 Å². The molecule has 0 spiro atoms. The fourth-order valence-electron chi connectivity index (χ4n) is 6.47. The quantitative estimate of drug-likeness (QED) is 0.230. The van der Waals surface area contributed by atoms with Gasteiger partial charge in [0.2, 0.25) is 0 Å². The third-order valence-electron chi connectivity index (χ3n) is 8.52. The Hall–Kier alpha value is -2.54. The summed E-state index contributed by atoms with van der Waals surface area (Å²) in [6.07, 6.45) is 0. The van der Waals surface area contributed by atoms with Gasteiger partial charge in [0, 0.05) is 0 Å². The van der Waals surface area contributed by atoms with Crippen LogP contribution in [0.4, 0.5) is 0 Å². The summed E-state index contributed by atoms with van der Waals surface area (Å²) in [5, 5.41) is 0.688. The van der Waals surface area contributed by atoms with Crippen molar-refractivity contribution in [2.24, 2.45) is 0 Å². The zero-order valence-corrected chi connectivity index (χ0v) is 24.2. The Morgan fingerprint density at radius 1 is 0.611 bits per heavy atom. The molecule has 0 N–H and O–H groups in total. The first kappa shape index (κ1) is 25.1. The number of carbonyl (C=O) groups is 1. The van der Waals surface area contributed by atoms with Gasteiger partial charge in [-0.1, -0.05) is 0 Å². The van der Waals surface area contributed by atoms with Crippen LogP contribution in [-0.4, -0.2) is 5.78 Å². The maximum absolute atomic E-state index is 13.4. The third-order valence-corrected chi connectivity index (χ3v) is 19.7. The van der Waals surface area contributed by atoms with E-state index in [1.165, 1.54) is 21.5 Å². The third kappa shape index (κ3) is 3.27. The molecule has 0 aromatic heterocycles. The van der Waals surface area contributed by atoms with Crippen molar-refractivity contribution in [1.82, 2.24) is 0 Å². The van der Waals surface area contributed by atoms with Crippen LogP contribution in [0.15, 0.2) is 109 Å². The molecule has 4 aromatic rings. The van der Waals surface area contributed by atoms with E-state index < -0.39 is 16.1 Å². The molecule has 1 atom stereocenters. The first-order valence-corrected chi connectivity index (χ1v) is 17.0. The molecule has 184 valence electrons. The van der Waals surface area contributed by atoms with Gasteiger partial charge in [-0.15, -0.1) is 0 Å². The summed E-state index contributed by atoms with van der Waals surface area (Å²) in [6, 6.07) is 39.5. The Kier molecular flexibility index (Phi) is 5.94. The van der Waals surface area contributed by atoms with E-state index in [-0.39, 0.29) is 5.66 Å². The zero-order chi connectivity index (χ0) is 25.8. The number of hydrogen-bond acceptors (Lipinski definition) is 1. The minimum atomic E-state index is -3.20. The fourth-order valence-corrected chi connectivity index (χ4v) is 14.5. The Morgan fingerprint density at radius 3 is 1.42 bits per heavy atom. The molecule has 36 heavy (non-hydrogen) atoms. The molecule has 1 aliphatic rings. The van der Waals surface area contributed by atoms with E-state index in [4.69, 9.17) is 0 Å². The molecule has 1 aliphatic carbocycles. The number of carbonyl (C=O) groups excluding carboxylic acids is 1. The summed E-state index contributed by atoms with van der Waals surface area (Å²) >= 11 is 4.63. The average molecular weight is 558 g/mol. The fraction of sp³-hybridized carbons (Fsp3) is 0.242. The van der Waals surface area contributed by atoms with Gasteiger partial charge in [0.05, 0.1) is 0 Å². The molecule has 0 saturated heterocycles. The zero-order valence-electron chi connectivity index (χ0n) is 21.7. The minimum absolute atomic E-state index is 0.114. The first-order valence-electron chi connectivity index (χ1n) is 12.6. The van der Waals surface area contributed by atoms with Crippen molar-refractivity contribution in [3.8, 4) is 0 Å². The predicted molar refractivity (Wildman–Crippen MR) is 160 cm³/mol. The van der Waals surface area contributed by atoms with Gasteiger partial charge in [-0.2, -0.15) is 0 Å². The number of fused-ring (bicyclic) bond motifs is 1. The standard InChI is InChI=1S/C33H34BrOP/c1-24(25-21-22-29-30(23-25)33(4,5)31(35)32(29,2)3)36(34,26-15-9-6-10-16-26,27-17-11-7-12-18-27)28-19-13-8-14-20-28/h6-24H,1-5H3. The molecule has 4 aromatic carbocycles. The van der Waals surface area contributed by atoms with Crippen molar-refractivity contribution in [3.05, 3.63) is 126 Å². The van der Waals surface area contributed by atoms with E-state index in [0.29, 0.717) is 5.78 Å². The van der Waals surface area contributed by atoms with Crippen LogP contribution in [0.2, 0.25) is 0 Å². The normalized spacial score (nSPS) is 18.2. The summed E-state index contributed by atoms with van der Waals surface area (Å²) < 4.78 is 0. The number of hydrogen-bond donors (Lipinski definition) is 0. The second kappa shape index (κ2) is 8.51. The number of Topliss-reactive ketones (excluding diaryl/α,β-unsaturated/α-hetero) is 1. The van der Waals surface area contributed by atoms with Gasteiger partial charge in [-0.25, -0.2) is 0 Å². The molecule has 0 amide bonds. The van der Waals surface area contributed by atoms with E-state index in [1.54, 1.807) is 0 Å². The second-order valence-electron chi connectivity index (χ2n) is 11.1. The summed E-state index contributed by atoms with van der Waals surface area (Å²) in [6.45, 7) is 10.6. The Labute approximate surface area is 223 Å². The Morgan fingerprint density at radius 2 is 1.00 bits per heavy atom. The molecule has 0 radical (unpaired) electrons. The van der Waals surface area contributed by atoms with Crippen LogP contribution in [0, 0.1) is 0 Å². The van der Waals surface area contributed by atoms with E-state index in [2.05, 4.69) is 159 Å². The van der Waals surface area contributed by atoms with Crippen molar-refractivity contribution < 1.29 is 4.79 Å². The monoisotopic (exact) mass is 556 g/mol. The van der Waals surface area contributed by atoms with Gasteiger partial charge in [0.15, 0.2) is 0 Å². The Balaban J connectivity index is 1.86. The molecule has 3 heteroatoms. The van der Waals surface area contributed by atoms with Crippen molar-refractivity contribution in [2.45, 2.75) is 51.1 Å². The molecule has 1 unspecified atom stereocenters. The van der Waals surface area contributed by atoms with Crippen LogP contribution in [0.1, 0.15) is 57.0 Å². The molecule has 0 saturated carbocycles. The van der Waals surface area contributed by atoms with Crippen LogP contribution < -0.4 is 15.9 Å². The molecular weight excluding hydrogens is 523 g/mol. The van der Waals surface area contributed by atoms with Gasteiger partial charge >= 0.3 is 224 Å². The molecule has 0 bridgehead atoms. The number of rotatable bonds is 5. The van der Waals surface area contributed by atoms with Gasteiger partial charge in [0.25, 0.3) is 0 Å². The van der Waals surface area contributed by atoms with Crippen LogP contribution in [0.3, 0.4) is 0 Å².